The van der Waals surface area contributed by atoms with E-state index < -0.39 is 23.4 Å². The van der Waals surface area contributed by atoms with Gasteiger partial charge < -0.3 is 16.2 Å². The molecule has 2 aromatic rings. The Hall–Kier alpha value is -2.70. The lowest BCUT2D eigenvalue weighted by molar-refractivity contribution is 0.0698. The predicted molar refractivity (Wildman–Crippen MR) is 67.4 cm³/mol. The van der Waals surface area contributed by atoms with Crippen LogP contribution in [0.25, 0.3) is 0 Å². The zero-order valence-electron chi connectivity index (χ0n) is 9.95. The van der Waals surface area contributed by atoms with Gasteiger partial charge in [0.15, 0.2) is 11.6 Å². The second-order valence-corrected chi connectivity index (χ2v) is 3.98. The molecular weight excluding hydrogens is 273 g/mol. The topological polar surface area (TPSA) is 75.3 Å². The van der Waals surface area contributed by atoms with Gasteiger partial charge in [-0.05, 0) is 18.2 Å². The number of anilines is 3. The van der Waals surface area contributed by atoms with Crippen LogP contribution in [-0.2, 0) is 0 Å². The van der Waals surface area contributed by atoms with Crippen molar-refractivity contribution in [3.63, 3.8) is 0 Å². The summed E-state index contributed by atoms with van der Waals surface area (Å²) < 4.78 is 39.4. The van der Waals surface area contributed by atoms with E-state index in [0.29, 0.717) is 12.1 Å². The van der Waals surface area contributed by atoms with Crippen LogP contribution in [0.3, 0.4) is 0 Å². The summed E-state index contributed by atoms with van der Waals surface area (Å²) in [7, 11) is 0. The summed E-state index contributed by atoms with van der Waals surface area (Å²) in [6.07, 6.45) is 0. The third kappa shape index (κ3) is 2.66. The van der Waals surface area contributed by atoms with Crippen LogP contribution in [0.15, 0.2) is 30.3 Å². The quantitative estimate of drug-likeness (QED) is 0.597. The number of nitrogens with two attached hydrogens (primary N) is 1. The minimum Gasteiger partial charge on any atom is -0.478 e. The molecule has 0 unspecified atom stereocenters. The summed E-state index contributed by atoms with van der Waals surface area (Å²) in [5, 5.41) is 11.4. The number of carboxylic acids is 1. The normalized spacial score (nSPS) is 10.3. The average molecular weight is 282 g/mol. The number of nitrogen functional groups attached to an aromatic ring is 1. The Kier molecular flexibility index (Phi) is 3.51. The van der Waals surface area contributed by atoms with E-state index in [1.807, 2.05) is 0 Å². The first-order chi connectivity index (χ1) is 9.38. The smallest absolute Gasteiger partial charge is 0.337 e. The van der Waals surface area contributed by atoms with Gasteiger partial charge in [0.1, 0.15) is 5.82 Å². The average Bonchev–Trinajstić information content (AvgIpc) is 2.37. The number of halogens is 3. The Morgan fingerprint density at radius 3 is 2.30 bits per heavy atom. The van der Waals surface area contributed by atoms with Crippen LogP contribution in [0.2, 0.25) is 0 Å². The molecule has 7 heteroatoms. The van der Waals surface area contributed by atoms with Crippen LogP contribution < -0.4 is 11.1 Å². The molecule has 0 radical (unpaired) electrons. The van der Waals surface area contributed by atoms with Crippen LogP contribution in [0.1, 0.15) is 10.4 Å². The summed E-state index contributed by atoms with van der Waals surface area (Å²) in [6.45, 7) is 0. The van der Waals surface area contributed by atoms with E-state index in [9.17, 15) is 18.0 Å². The number of carbonyl (C=O) groups is 1. The molecule has 0 amide bonds. The zero-order chi connectivity index (χ0) is 14.9. The molecule has 0 aliphatic carbocycles. The predicted octanol–water partition coefficient (Wildman–Crippen LogP) is 3.13. The molecule has 0 spiro atoms. The van der Waals surface area contributed by atoms with Crippen molar-refractivity contribution in [3.8, 4) is 0 Å². The Morgan fingerprint density at radius 1 is 1.00 bits per heavy atom. The lowest BCUT2D eigenvalue weighted by Gasteiger charge is -2.11. The van der Waals surface area contributed by atoms with Crippen molar-refractivity contribution >= 4 is 23.0 Å². The maximum atomic E-state index is 13.5. The van der Waals surface area contributed by atoms with E-state index in [4.69, 9.17) is 10.8 Å². The van der Waals surface area contributed by atoms with E-state index in [1.54, 1.807) is 0 Å². The van der Waals surface area contributed by atoms with Gasteiger partial charge in [-0.15, -0.1) is 0 Å². The molecule has 2 aromatic carbocycles. The monoisotopic (exact) mass is 282 g/mol. The number of hydrogen-bond donors (Lipinski definition) is 3. The van der Waals surface area contributed by atoms with Gasteiger partial charge in [0.25, 0.3) is 0 Å². The van der Waals surface area contributed by atoms with Crippen molar-refractivity contribution in [2.45, 2.75) is 0 Å². The number of aromatic carboxylic acids is 1. The van der Waals surface area contributed by atoms with Crippen molar-refractivity contribution in [1.82, 2.24) is 0 Å². The Labute approximate surface area is 111 Å². The Balaban J connectivity index is 2.45. The van der Waals surface area contributed by atoms with Crippen LogP contribution in [0, 0.1) is 17.5 Å². The summed E-state index contributed by atoms with van der Waals surface area (Å²) in [5.74, 6) is -4.91. The molecule has 104 valence electrons. The van der Waals surface area contributed by atoms with Gasteiger partial charge in [-0.1, -0.05) is 0 Å². The molecule has 0 fully saturated rings. The van der Waals surface area contributed by atoms with E-state index in [1.165, 1.54) is 18.2 Å². The second kappa shape index (κ2) is 5.12. The summed E-state index contributed by atoms with van der Waals surface area (Å²) in [6, 6.07) is 4.84. The molecule has 0 saturated heterocycles. The van der Waals surface area contributed by atoms with Crippen molar-refractivity contribution < 1.29 is 23.1 Å². The molecule has 0 saturated carbocycles. The van der Waals surface area contributed by atoms with Crippen LogP contribution in [0.4, 0.5) is 30.2 Å². The lowest BCUT2D eigenvalue weighted by Crippen LogP contribution is -2.05. The van der Waals surface area contributed by atoms with E-state index in [2.05, 4.69) is 5.32 Å². The SMILES string of the molecule is Nc1ccc(Nc2cc(F)c(F)cc2F)c(C(=O)O)c1. The molecule has 0 heterocycles. The van der Waals surface area contributed by atoms with Gasteiger partial charge in [0, 0.05) is 17.8 Å². The zero-order valence-corrected chi connectivity index (χ0v) is 9.95. The fraction of sp³-hybridized carbons (Fsp3) is 0. The van der Waals surface area contributed by atoms with E-state index in [0.717, 1.165) is 0 Å². The summed E-state index contributed by atoms with van der Waals surface area (Å²) in [5.41, 5.74) is 5.08. The van der Waals surface area contributed by atoms with Gasteiger partial charge in [-0.3, -0.25) is 0 Å². The maximum Gasteiger partial charge on any atom is 0.337 e. The number of nitrogens with one attached hydrogen (secondary N) is 1. The number of rotatable bonds is 3. The molecule has 2 rings (SSSR count). The third-order valence-corrected chi connectivity index (χ3v) is 2.55. The van der Waals surface area contributed by atoms with Gasteiger partial charge in [0.05, 0.1) is 16.9 Å². The van der Waals surface area contributed by atoms with Gasteiger partial charge in [-0.25, -0.2) is 18.0 Å². The minimum atomic E-state index is -1.33. The first-order valence-corrected chi connectivity index (χ1v) is 5.43. The molecule has 0 atom stereocenters. The minimum absolute atomic E-state index is 0.0107. The highest BCUT2D eigenvalue weighted by Crippen LogP contribution is 2.26. The van der Waals surface area contributed by atoms with Crippen molar-refractivity contribution in [2.75, 3.05) is 11.1 Å². The van der Waals surface area contributed by atoms with Crippen LogP contribution in [-0.4, -0.2) is 11.1 Å². The van der Waals surface area contributed by atoms with Crippen LogP contribution >= 0.6 is 0 Å². The highest BCUT2D eigenvalue weighted by molar-refractivity contribution is 5.96. The molecule has 0 aliphatic heterocycles. The fourth-order valence-electron chi connectivity index (χ4n) is 1.61. The molecular formula is C13H9F3N2O2. The fourth-order valence-corrected chi connectivity index (χ4v) is 1.61. The number of benzene rings is 2. The highest BCUT2D eigenvalue weighted by Gasteiger charge is 2.14. The number of carboxylic acid groups (broad SMARTS) is 1. The molecule has 0 aromatic heterocycles. The summed E-state index contributed by atoms with van der Waals surface area (Å²) >= 11 is 0. The number of hydrogen-bond acceptors (Lipinski definition) is 3. The molecule has 4 nitrogen and oxygen atoms in total. The summed E-state index contributed by atoms with van der Waals surface area (Å²) in [4.78, 5) is 11.0. The van der Waals surface area contributed by atoms with Crippen LogP contribution in [0.5, 0.6) is 0 Å². The molecule has 4 N–H and O–H groups in total. The molecule has 20 heavy (non-hydrogen) atoms. The Bertz CT molecular complexity index is 690. The van der Waals surface area contributed by atoms with Crippen molar-refractivity contribution in [2.24, 2.45) is 0 Å². The van der Waals surface area contributed by atoms with Gasteiger partial charge >= 0.3 is 5.97 Å². The molecule has 0 aliphatic rings. The third-order valence-electron chi connectivity index (χ3n) is 2.55. The second-order valence-electron chi connectivity index (χ2n) is 3.98. The van der Waals surface area contributed by atoms with E-state index in [-0.39, 0.29) is 22.6 Å². The maximum absolute atomic E-state index is 13.5. The van der Waals surface area contributed by atoms with Crippen molar-refractivity contribution in [3.05, 3.63) is 53.3 Å². The Morgan fingerprint density at radius 2 is 1.65 bits per heavy atom. The van der Waals surface area contributed by atoms with Crippen molar-refractivity contribution in [1.29, 1.82) is 0 Å². The highest BCUT2D eigenvalue weighted by atomic mass is 19.2. The lowest BCUT2D eigenvalue weighted by atomic mass is 10.1. The van der Waals surface area contributed by atoms with Gasteiger partial charge in [-0.2, -0.15) is 0 Å². The van der Waals surface area contributed by atoms with E-state index >= 15 is 0 Å². The standard InChI is InChI=1S/C13H9F3N2O2/c14-8-4-10(16)12(5-9(8)15)18-11-2-1-6(17)3-7(11)13(19)20/h1-5,18H,17H2,(H,19,20). The first kappa shape index (κ1) is 13.7. The van der Waals surface area contributed by atoms with Gasteiger partial charge in [0.2, 0.25) is 0 Å². The first-order valence-electron chi connectivity index (χ1n) is 5.43. The largest absolute Gasteiger partial charge is 0.478 e. The molecule has 0 bridgehead atoms.